The summed E-state index contributed by atoms with van der Waals surface area (Å²) < 4.78 is 0. The zero-order valence-electron chi connectivity index (χ0n) is 24.9. The average molecular weight is 586 g/mol. The monoisotopic (exact) mass is 585 g/mol. The van der Waals surface area contributed by atoms with Crippen LogP contribution in [0.2, 0.25) is 0 Å². The van der Waals surface area contributed by atoms with Gasteiger partial charge in [0, 0.05) is 16.7 Å². The van der Waals surface area contributed by atoms with E-state index in [1.54, 1.807) is 0 Å². The molecule has 0 bridgehead atoms. The Hall–Kier alpha value is -6.19. The Morgan fingerprint density at radius 1 is 0.261 bits per heavy atom. The van der Waals surface area contributed by atoms with Crippen LogP contribution in [0, 0.1) is 0 Å². The maximum absolute atomic E-state index is 5.17. The molecule has 46 heavy (non-hydrogen) atoms. The Balaban J connectivity index is 1.26. The van der Waals surface area contributed by atoms with Gasteiger partial charge in [-0.25, -0.2) is 15.0 Å². The molecule has 0 amide bonds. The maximum atomic E-state index is 5.17. The van der Waals surface area contributed by atoms with Crippen molar-refractivity contribution >= 4 is 43.1 Å². The van der Waals surface area contributed by atoms with Crippen molar-refractivity contribution in [3.8, 4) is 45.3 Å². The van der Waals surface area contributed by atoms with Crippen molar-refractivity contribution in [3.05, 3.63) is 164 Å². The first-order valence-electron chi connectivity index (χ1n) is 15.5. The number of nitrogens with zero attached hydrogens (tertiary/aromatic N) is 3. The zero-order valence-corrected chi connectivity index (χ0v) is 24.9. The minimum Gasteiger partial charge on any atom is -0.208 e. The Bertz CT molecular complexity index is 2570. The van der Waals surface area contributed by atoms with Crippen LogP contribution >= 0.6 is 0 Å². The minimum atomic E-state index is 0.651. The molecule has 8 aromatic carbocycles. The van der Waals surface area contributed by atoms with E-state index in [9.17, 15) is 0 Å². The summed E-state index contributed by atoms with van der Waals surface area (Å²) in [7, 11) is 0. The first-order valence-corrected chi connectivity index (χ1v) is 15.5. The van der Waals surface area contributed by atoms with Gasteiger partial charge < -0.3 is 0 Å². The van der Waals surface area contributed by atoms with Crippen LogP contribution in [0.1, 0.15) is 0 Å². The fourth-order valence-electron chi connectivity index (χ4n) is 6.60. The number of hydrogen-bond acceptors (Lipinski definition) is 3. The molecule has 1 aromatic heterocycles. The highest BCUT2D eigenvalue weighted by molar-refractivity contribution is 6.17. The second kappa shape index (κ2) is 10.8. The molecule has 0 radical (unpaired) electrons. The van der Waals surface area contributed by atoms with Crippen LogP contribution in [0.15, 0.2) is 164 Å². The van der Waals surface area contributed by atoms with Gasteiger partial charge in [-0.1, -0.05) is 146 Å². The van der Waals surface area contributed by atoms with Gasteiger partial charge in [0.2, 0.25) is 0 Å². The highest BCUT2D eigenvalue weighted by atomic mass is 15.0. The smallest absolute Gasteiger partial charge is 0.164 e. The first-order chi connectivity index (χ1) is 22.8. The number of benzene rings is 8. The van der Waals surface area contributed by atoms with E-state index in [1.807, 2.05) is 24.3 Å². The van der Waals surface area contributed by atoms with E-state index < -0.39 is 0 Å². The van der Waals surface area contributed by atoms with Crippen molar-refractivity contribution in [2.24, 2.45) is 0 Å². The molecule has 0 saturated carbocycles. The van der Waals surface area contributed by atoms with Gasteiger partial charge in [-0.15, -0.1) is 0 Å². The highest BCUT2D eigenvalue weighted by Crippen LogP contribution is 2.36. The predicted molar refractivity (Wildman–Crippen MR) is 192 cm³/mol. The topological polar surface area (TPSA) is 38.7 Å². The minimum absolute atomic E-state index is 0.651. The molecule has 214 valence electrons. The molecule has 0 fully saturated rings. The van der Waals surface area contributed by atoms with Crippen LogP contribution < -0.4 is 0 Å². The molecule has 0 aliphatic rings. The summed E-state index contributed by atoms with van der Waals surface area (Å²) in [5.41, 5.74) is 5.17. The molecule has 9 rings (SSSR count). The van der Waals surface area contributed by atoms with Crippen LogP contribution in [0.5, 0.6) is 0 Å². The van der Waals surface area contributed by atoms with E-state index in [2.05, 4.69) is 140 Å². The van der Waals surface area contributed by atoms with Crippen molar-refractivity contribution in [2.75, 3.05) is 0 Å². The average Bonchev–Trinajstić information content (AvgIpc) is 3.14. The Labute approximate surface area is 266 Å². The molecule has 0 aliphatic heterocycles. The highest BCUT2D eigenvalue weighted by Gasteiger charge is 2.16. The third kappa shape index (κ3) is 4.49. The summed E-state index contributed by atoms with van der Waals surface area (Å²) in [5.74, 6) is 1.96. The SMILES string of the molecule is c1ccc(-c2cc(-c3nc(-c4ccccc4)nc(-c4ccc5c(ccc6c7ccccc7ccc56)c4)n3)c3ccccc3c2)cc1. The van der Waals surface area contributed by atoms with E-state index in [0.717, 1.165) is 44.0 Å². The van der Waals surface area contributed by atoms with E-state index >= 15 is 0 Å². The summed E-state index contributed by atoms with van der Waals surface area (Å²) in [4.78, 5) is 15.3. The Morgan fingerprint density at radius 2 is 0.761 bits per heavy atom. The normalized spacial score (nSPS) is 11.5. The molecule has 9 aromatic rings. The second-order valence-electron chi connectivity index (χ2n) is 11.7. The van der Waals surface area contributed by atoms with Crippen molar-refractivity contribution in [3.63, 3.8) is 0 Å². The van der Waals surface area contributed by atoms with Gasteiger partial charge in [0.15, 0.2) is 17.5 Å². The van der Waals surface area contributed by atoms with Crippen LogP contribution in [0.25, 0.3) is 88.4 Å². The fourth-order valence-corrected chi connectivity index (χ4v) is 6.60. The molecular formula is C43H27N3. The van der Waals surface area contributed by atoms with Crippen molar-refractivity contribution in [2.45, 2.75) is 0 Å². The molecule has 3 nitrogen and oxygen atoms in total. The lowest BCUT2D eigenvalue weighted by atomic mass is 9.96. The first kappa shape index (κ1) is 26.2. The summed E-state index contributed by atoms with van der Waals surface area (Å²) in [5, 5.41) is 9.64. The maximum Gasteiger partial charge on any atom is 0.164 e. The fraction of sp³-hybridized carbons (Fsp3) is 0. The summed E-state index contributed by atoms with van der Waals surface area (Å²) in [6.07, 6.45) is 0. The van der Waals surface area contributed by atoms with Gasteiger partial charge in [0.05, 0.1) is 0 Å². The van der Waals surface area contributed by atoms with Crippen molar-refractivity contribution < 1.29 is 0 Å². The summed E-state index contributed by atoms with van der Waals surface area (Å²) in [6, 6.07) is 57.6. The molecule has 1 heterocycles. The van der Waals surface area contributed by atoms with E-state index in [4.69, 9.17) is 15.0 Å². The van der Waals surface area contributed by atoms with Gasteiger partial charge in [-0.2, -0.15) is 0 Å². The molecule has 3 heteroatoms. The largest absolute Gasteiger partial charge is 0.208 e. The quantitative estimate of drug-likeness (QED) is 0.193. The molecule has 0 aliphatic carbocycles. The van der Waals surface area contributed by atoms with Gasteiger partial charge >= 0.3 is 0 Å². The van der Waals surface area contributed by atoms with Gasteiger partial charge in [-0.3, -0.25) is 0 Å². The lowest BCUT2D eigenvalue weighted by molar-refractivity contribution is 1.08. The molecule has 0 spiro atoms. The van der Waals surface area contributed by atoms with E-state index in [1.165, 1.54) is 26.9 Å². The van der Waals surface area contributed by atoms with Gasteiger partial charge in [-0.05, 0) is 72.4 Å². The van der Waals surface area contributed by atoms with Gasteiger partial charge in [0.25, 0.3) is 0 Å². The third-order valence-corrected chi connectivity index (χ3v) is 8.88. The standard InChI is InChI=1S/C43H27N3/c1-3-11-28(12-4-1)34-26-31-16-8-10-18-36(31)40(27-34)43-45-41(30-14-5-2-6-15-30)44-42(46-43)33-21-22-37-32(25-33)20-24-38-35-17-9-7-13-29(35)19-23-39(37)38/h1-27H. The number of aromatic nitrogens is 3. The lowest BCUT2D eigenvalue weighted by Gasteiger charge is -2.13. The summed E-state index contributed by atoms with van der Waals surface area (Å²) in [6.45, 7) is 0. The summed E-state index contributed by atoms with van der Waals surface area (Å²) >= 11 is 0. The van der Waals surface area contributed by atoms with Crippen molar-refractivity contribution in [1.82, 2.24) is 15.0 Å². The lowest BCUT2D eigenvalue weighted by Crippen LogP contribution is -2.01. The third-order valence-electron chi connectivity index (χ3n) is 8.88. The zero-order chi connectivity index (χ0) is 30.5. The molecule has 0 unspecified atom stereocenters. The number of hydrogen-bond donors (Lipinski definition) is 0. The second-order valence-corrected chi connectivity index (χ2v) is 11.7. The molecule has 0 atom stereocenters. The van der Waals surface area contributed by atoms with Crippen LogP contribution in [0.4, 0.5) is 0 Å². The predicted octanol–water partition coefficient (Wildman–Crippen LogP) is 11.2. The number of fused-ring (bicyclic) bond motifs is 6. The van der Waals surface area contributed by atoms with Crippen molar-refractivity contribution in [1.29, 1.82) is 0 Å². The van der Waals surface area contributed by atoms with E-state index in [-0.39, 0.29) is 0 Å². The van der Waals surface area contributed by atoms with Gasteiger partial charge in [0.1, 0.15) is 0 Å². The molecular weight excluding hydrogens is 558 g/mol. The molecule has 0 N–H and O–H groups in total. The Kier molecular flexibility index (Phi) is 6.14. The molecule has 0 saturated heterocycles. The number of rotatable bonds is 4. The Morgan fingerprint density at radius 3 is 1.52 bits per heavy atom. The van der Waals surface area contributed by atoms with Crippen LogP contribution in [-0.4, -0.2) is 15.0 Å². The van der Waals surface area contributed by atoms with E-state index in [0.29, 0.717) is 17.5 Å². The van der Waals surface area contributed by atoms with Crippen LogP contribution in [-0.2, 0) is 0 Å². The van der Waals surface area contributed by atoms with Crippen LogP contribution in [0.3, 0.4) is 0 Å².